The molecule has 0 bridgehead atoms. The summed E-state index contributed by atoms with van der Waals surface area (Å²) in [7, 11) is 3.77. The Labute approximate surface area is 127 Å². The van der Waals surface area contributed by atoms with E-state index < -0.39 is 0 Å². The van der Waals surface area contributed by atoms with E-state index in [1.807, 2.05) is 6.92 Å². The molecular weight excluding hydrogens is 260 g/mol. The van der Waals surface area contributed by atoms with Gasteiger partial charge >= 0.3 is 0 Å². The van der Waals surface area contributed by atoms with Gasteiger partial charge in [0.1, 0.15) is 0 Å². The molecule has 112 valence electrons. The molecule has 0 spiro atoms. The lowest BCUT2D eigenvalue weighted by atomic mass is 9.86. The van der Waals surface area contributed by atoms with Gasteiger partial charge in [0.25, 0.3) is 0 Å². The smallest absolute Gasteiger partial charge is 0.226 e. The molecule has 1 aliphatic rings. The number of carbonyl (C=O) groups excluding carboxylic acids is 1. The topological polar surface area (TPSA) is 32.3 Å². The fourth-order valence-corrected chi connectivity index (χ4v) is 2.79. The quantitative estimate of drug-likeness (QED) is 0.859. The van der Waals surface area contributed by atoms with Gasteiger partial charge in [-0.1, -0.05) is 31.8 Å². The highest BCUT2D eigenvalue weighted by molar-refractivity contribution is 5.83. The Kier molecular flexibility index (Phi) is 4.69. The average Bonchev–Trinajstić information content (AvgIpc) is 2.82. The van der Waals surface area contributed by atoms with Gasteiger partial charge < -0.3 is 5.32 Å². The molecule has 1 unspecified atom stereocenters. The highest BCUT2D eigenvalue weighted by Gasteiger charge is 2.38. The Hall–Kier alpha value is -1.79. The van der Waals surface area contributed by atoms with E-state index in [-0.39, 0.29) is 11.3 Å². The van der Waals surface area contributed by atoms with E-state index in [2.05, 4.69) is 54.2 Å². The van der Waals surface area contributed by atoms with Crippen molar-refractivity contribution in [3.05, 3.63) is 34.9 Å². The molecule has 2 rings (SSSR count). The maximum Gasteiger partial charge on any atom is 0.226 e. The normalized spacial score (nSPS) is 19.9. The number of hydrogen-bond donors (Lipinski definition) is 1. The Bertz CT molecular complexity index is 597. The van der Waals surface area contributed by atoms with Crippen molar-refractivity contribution in [3.8, 4) is 11.8 Å². The summed E-state index contributed by atoms with van der Waals surface area (Å²) in [4.78, 5) is 14.2. The first-order valence-corrected chi connectivity index (χ1v) is 7.50. The van der Waals surface area contributed by atoms with E-state index in [9.17, 15) is 4.79 Å². The van der Waals surface area contributed by atoms with Gasteiger partial charge in [0, 0.05) is 12.6 Å². The van der Waals surface area contributed by atoms with Gasteiger partial charge in [-0.3, -0.25) is 9.69 Å². The van der Waals surface area contributed by atoms with Gasteiger partial charge in [-0.25, -0.2) is 0 Å². The van der Waals surface area contributed by atoms with Crippen molar-refractivity contribution in [1.82, 2.24) is 10.2 Å². The van der Waals surface area contributed by atoms with Crippen LogP contribution >= 0.6 is 0 Å². The lowest BCUT2D eigenvalue weighted by Gasteiger charge is -2.20. The zero-order chi connectivity index (χ0) is 15.5. The van der Waals surface area contributed by atoms with Crippen LogP contribution in [0.3, 0.4) is 0 Å². The molecule has 0 radical (unpaired) electrons. The minimum atomic E-state index is -0.314. The predicted molar refractivity (Wildman–Crippen MR) is 86.1 cm³/mol. The van der Waals surface area contributed by atoms with Gasteiger partial charge in [-0.2, -0.15) is 0 Å². The summed E-state index contributed by atoms with van der Waals surface area (Å²) in [5.41, 5.74) is 3.26. The fourth-order valence-electron chi connectivity index (χ4n) is 2.79. The van der Waals surface area contributed by atoms with Crippen molar-refractivity contribution in [1.29, 1.82) is 0 Å². The van der Waals surface area contributed by atoms with Crippen LogP contribution in [-0.4, -0.2) is 38.0 Å². The number of nitrogens with one attached hydrogen (secondary N) is 1. The van der Waals surface area contributed by atoms with Gasteiger partial charge in [0.15, 0.2) is 0 Å². The third kappa shape index (κ3) is 3.46. The highest BCUT2D eigenvalue weighted by atomic mass is 16.2. The third-order valence-corrected chi connectivity index (χ3v) is 4.26. The number of hydrogen-bond acceptors (Lipinski definition) is 2. The maximum atomic E-state index is 12.0. The van der Waals surface area contributed by atoms with Gasteiger partial charge in [0.05, 0.1) is 12.0 Å². The second-order valence-electron chi connectivity index (χ2n) is 6.11. The molecule has 1 N–H and O–H groups in total. The summed E-state index contributed by atoms with van der Waals surface area (Å²) >= 11 is 0. The molecule has 3 heteroatoms. The molecule has 1 aromatic carbocycles. The Morgan fingerprint density at radius 1 is 1.38 bits per heavy atom. The van der Waals surface area contributed by atoms with Crippen LogP contribution < -0.4 is 5.32 Å². The largest absolute Gasteiger partial charge is 0.359 e. The first-order chi connectivity index (χ1) is 9.98. The number of fused-ring (bicyclic) bond motifs is 1. The van der Waals surface area contributed by atoms with Crippen molar-refractivity contribution in [2.75, 3.05) is 27.2 Å². The summed E-state index contributed by atoms with van der Waals surface area (Å²) in [6.07, 6.45) is 1.61. The Morgan fingerprint density at radius 2 is 2.10 bits per heavy atom. The van der Waals surface area contributed by atoms with E-state index in [0.29, 0.717) is 0 Å². The lowest BCUT2D eigenvalue weighted by Crippen LogP contribution is -2.37. The van der Waals surface area contributed by atoms with Crippen molar-refractivity contribution < 1.29 is 4.79 Å². The zero-order valence-electron chi connectivity index (χ0n) is 13.4. The Balaban J connectivity index is 2.13. The molecule has 0 saturated carbocycles. The summed E-state index contributed by atoms with van der Waals surface area (Å²) < 4.78 is 0. The van der Waals surface area contributed by atoms with E-state index >= 15 is 0 Å². The molecule has 0 fully saturated rings. The molecule has 0 aliphatic heterocycles. The number of carbonyl (C=O) groups is 1. The van der Waals surface area contributed by atoms with Crippen molar-refractivity contribution in [2.45, 2.75) is 26.7 Å². The zero-order valence-corrected chi connectivity index (χ0v) is 13.4. The molecule has 1 aromatic rings. The molecular formula is C18H24N2O. The van der Waals surface area contributed by atoms with Gasteiger partial charge in [-0.05, 0) is 49.7 Å². The summed E-state index contributed by atoms with van der Waals surface area (Å²) in [5, 5.41) is 2.78. The van der Waals surface area contributed by atoms with Crippen LogP contribution in [0.4, 0.5) is 0 Å². The maximum absolute atomic E-state index is 12.0. The van der Waals surface area contributed by atoms with Crippen molar-refractivity contribution in [3.63, 3.8) is 0 Å². The number of rotatable bonds is 3. The monoisotopic (exact) mass is 284 g/mol. The van der Waals surface area contributed by atoms with Crippen LogP contribution in [0.5, 0.6) is 0 Å². The summed E-state index contributed by atoms with van der Waals surface area (Å²) in [6, 6.07) is 6.33. The van der Waals surface area contributed by atoms with Crippen LogP contribution in [-0.2, 0) is 17.6 Å². The second-order valence-corrected chi connectivity index (χ2v) is 6.11. The van der Waals surface area contributed by atoms with E-state index in [1.165, 1.54) is 11.1 Å². The molecule has 0 saturated heterocycles. The van der Waals surface area contributed by atoms with Gasteiger partial charge in [-0.15, -0.1) is 0 Å². The number of amides is 1. The van der Waals surface area contributed by atoms with Crippen molar-refractivity contribution >= 4 is 5.91 Å². The molecule has 0 aromatic heterocycles. The SMILES string of the molecule is CCN(C)CC#Cc1ccc2c(c1)CC(C)(C(=O)NC)C2. The van der Waals surface area contributed by atoms with Gasteiger partial charge in [0.2, 0.25) is 5.91 Å². The second kappa shape index (κ2) is 6.32. The standard InChI is InChI=1S/C18H24N2O/c1-5-20(4)10-6-7-14-8-9-15-12-18(2,17(21)19-3)13-16(15)11-14/h8-9,11H,5,10,12-13H2,1-4H3,(H,19,21). The molecule has 21 heavy (non-hydrogen) atoms. The minimum absolute atomic E-state index is 0.121. The summed E-state index contributed by atoms with van der Waals surface area (Å²) in [6.45, 7) is 5.94. The number of benzene rings is 1. The van der Waals surface area contributed by atoms with Crippen LogP contribution in [0.25, 0.3) is 0 Å². The third-order valence-electron chi connectivity index (χ3n) is 4.26. The Morgan fingerprint density at radius 3 is 2.76 bits per heavy atom. The van der Waals surface area contributed by atoms with Crippen LogP contribution in [0.2, 0.25) is 0 Å². The first-order valence-electron chi connectivity index (χ1n) is 7.50. The summed E-state index contributed by atoms with van der Waals surface area (Å²) in [5.74, 6) is 6.53. The first kappa shape index (κ1) is 15.6. The highest BCUT2D eigenvalue weighted by Crippen LogP contribution is 2.37. The van der Waals surface area contributed by atoms with E-state index in [1.54, 1.807) is 7.05 Å². The minimum Gasteiger partial charge on any atom is -0.359 e. The van der Waals surface area contributed by atoms with Crippen molar-refractivity contribution in [2.24, 2.45) is 5.41 Å². The number of nitrogens with zero attached hydrogens (tertiary/aromatic N) is 1. The molecule has 1 aliphatic carbocycles. The van der Waals surface area contributed by atoms with E-state index in [4.69, 9.17) is 0 Å². The molecule has 3 nitrogen and oxygen atoms in total. The van der Waals surface area contributed by atoms with Crippen LogP contribution in [0.1, 0.15) is 30.5 Å². The van der Waals surface area contributed by atoms with Crippen LogP contribution in [0.15, 0.2) is 18.2 Å². The fraction of sp³-hybridized carbons (Fsp3) is 0.500. The van der Waals surface area contributed by atoms with E-state index in [0.717, 1.165) is 31.5 Å². The van der Waals surface area contributed by atoms with Crippen LogP contribution in [0, 0.1) is 17.3 Å². The molecule has 1 amide bonds. The average molecular weight is 284 g/mol. The lowest BCUT2D eigenvalue weighted by molar-refractivity contribution is -0.129. The molecule has 1 atom stereocenters. The predicted octanol–water partition coefficient (Wildman–Crippen LogP) is 1.84. The molecule has 0 heterocycles.